The summed E-state index contributed by atoms with van der Waals surface area (Å²) in [6, 6.07) is 5.89. The summed E-state index contributed by atoms with van der Waals surface area (Å²) in [6.07, 6.45) is 2.12. The highest BCUT2D eigenvalue weighted by atomic mass is 79.9. The van der Waals surface area contributed by atoms with E-state index in [1.54, 1.807) is 0 Å². The van der Waals surface area contributed by atoms with Gasteiger partial charge >= 0.3 is 0 Å². The van der Waals surface area contributed by atoms with Crippen LogP contribution in [0.5, 0.6) is 5.75 Å². The fraction of sp³-hybridized carbons (Fsp3) is 0.400. The molecule has 3 nitrogen and oxygen atoms in total. The van der Waals surface area contributed by atoms with Crippen LogP contribution in [-0.2, 0) is 6.61 Å². The molecule has 0 saturated heterocycles. The summed E-state index contributed by atoms with van der Waals surface area (Å²) in [4.78, 5) is 4.47. The molecule has 0 bridgehead atoms. The average Bonchev–Trinajstić information content (AvgIpc) is 2.41. The topological polar surface area (TPSA) is 42.4 Å². The van der Waals surface area contributed by atoms with Gasteiger partial charge in [-0.05, 0) is 31.5 Å². The van der Waals surface area contributed by atoms with Crippen LogP contribution in [0.3, 0.4) is 0 Å². The largest absolute Gasteiger partial charge is 0.493 e. The smallest absolute Gasteiger partial charge is 0.133 e. The van der Waals surface area contributed by atoms with Crippen LogP contribution in [0.15, 0.2) is 22.7 Å². The number of pyridine rings is 1. The van der Waals surface area contributed by atoms with Crippen molar-refractivity contribution in [2.75, 3.05) is 6.61 Å². The molecule has 0 fully saturated rings. The lowest BCUT2D eigenvalue weighted by Gasteiger charge is -2.14. The molecule has 1 aromatic carbocycles. The predicted molar refractivity (Wildman–Crippen MR) is 80.5 cm³/mol. The Hall–Kier alpha value is -1.13. The SMILES string of the molecule is CCCCOc1c(C)c(CO)nc2ccc(Br)cc12. The summed E-state index contributed by atoms with van der Waals surface area (Å²) in [5.74, 6) is 0.837. The molecule has 0 unspecified atom stereocenters. The van der Waals surface area contributed by atoms with Gasteiger partial charge in [-0.2, -0.15) is 0 Å². The highest BCUT2D eigenvalue weighted by molar-refractivity contribution is 9.10. The van der Waals surface area contributed by atoms with Gasteiger partial charge in [0.05, 0.1) is 24.4 Å². The van der Waals surface area contributed by atoms with E-state index >= 15 is 0 Å². The van der Waals surface area contributed by atoms with E-state index in [-0.39, 0.29) is 6.61 Å². The number of rotatable bonds is 5. The molecular formula is C15H18BrNO2. The van der Waals surface area contributed by atoms with Gasteiger partial charge in [0.1, 0.15) is 5.75 Å². The van der Waals surface area contributed by atoms with E-state index in [0.29, 0.717) is 12.3 Å². The maximum Gasteiger partial charge on any atom is 0.133 e. The molecule has 19 heavy (non-hydrogen) atoms. The van der Waals surface area contributed by atoms with Crippen LogP contribution in [-0.4, -0.2) is 16.7 Å². The van der Waals surface area contributed by atoms with Crippen molar-refractivity contribution in [1.82, 2.24) is 4.98 Å². The van der Waals surface area contributed by atoms with Crippen LogP contribution in [0.4, 0.5) is 0 Å². The maximum atomic E-state index is 9.40. The molecular weight excluding hydrogens is 306 g/mol. The first kappa shape index (κ1) is 14.3. The third-order valence-electron chi connectivity index (χ3n) is 3.13. The molecule has 1 aromatic heterocycles. The Bertz CT molecular complexity index is 584. The molecule has 0 aliphatic heterocycles. The lowest BCUT2D eigenvalue weighted by molar-refractivity contribution is 0.273. The number of unbranched alkanes of at least 4 members (excludes halogenated alkanes) is 1. The number of ether oxygens (including phenoxy) is 1. The minimum absolute atomic E-state index is 0.0675. The molecule has 0 amide bonds. The first-order valence-electron chi connectivity index (χ1n) is 6.49. The minimum Gasteiger partial charge on any atom is -0.493 e. The zero-order chi connectivity index (χ0) is 13.8. The second kappa shape index (κ2) is 6.35. The standard InChI is InChI=1S/C15H18BrNO2/c1-3-4-7-19-15-10(2)14(9-18)17-13-6-5-11(16)8-12(13)15/h5-6,8,18H,3-4,7,9H2,1-2H3. The molecule has 2 rings (SSSR count). The van der Waals surface area contributed by atoms with Crippen molar-refractivity contribution in [2.45, 2.75) is 33.3 Å². The van der Waals surface area contributed by atoms with E-state index in [1.165, 1.54) is 0 Å². The molecule has 4 heteroatoms. The van der Waals surface area contributed by atoms with E-state index in [0.717, 1.165) is 39.5 Å². The molecule has 0 saturated carbocycles. The number of halogens is 1. The molecule has 2 aromatic rings. The quantitative estimate of drug-likeness (QED) is 0.846. The van der Waals surface area contributed by atoms with Gasteiger partial charge in [0.15, 0.2) is 0 Å². The molecule has 0 atom stereocenters. The highest BCUT2D eigenvalue weighted by Crippen LogP contribution is 2.32. The Kier molecular flexibility index (Phi) is 4.77. The van der Waals surface area contributed by atoms with Gasteiger partial charge < -0.3 is 9.84 Å². The number of aromatic nitrogens is 1. The normalized spacial score (nSPS) is 10.9. The molecule has 1 heterocycles. The predicted octanol–water partition coefficient (Wildman–Crippen LogP) is 3.98. The van der Waals surface area contributed by atoms with Gasteiger partial charge in [-0.1, -0.05) is 29.3 Å². The summed E-state index contributed by atoms with van der Waals surface area (Å²) in [5.41, 5.74) is 2.45. The Morgan fingerprint density at radius 3 is 2.84 bits per heavy atom. The van der Waals surface area contributed by atoms with Gasteiger partial charge in [0.2, 0.25) is 0 Å². The number of benzene rings is 1. The van der Waals surface area contributed by atoms with Gasteiger partial charge in [0.25, 0.3) is 0 Å². The van der Waals surface area contributed by atoms with E-state index < -0.39 is 0 Å². The van der Waals surface area contributed by atoms with Crippen LogP contribution in [0.25, 0.3) is 10.9 Å². The van der Waals surface area contributed by atoms with Crippen LogP contribution in [0, 0.1) is 6.92 Å². The molecule has 0 radical (unpaired) electrons. The van der Waals surface area contributed by atoms with Gasteiger partial charge in [-0.3, -0.25) is 0 Å². The van der Waals surface area contributed by atoms with E-state index in [1.807, 2.05) is 25.1 Å². The summed E-state index contributed by atoms with van der Waals surface area (Å²) in [7, 11) is 0. The number of hydrogen-bond acceptors (Lipinski definition) is 3. The molecule has 102 valence electrons. The van der Waals surface area contributed by atoms with Crippen LogP contribution in [0.1, 0.15) is 31.0 Å². The Balaban J connectivity index is 2.54. The number of aliphatic hydroxyl groups is 1. The first-order chi connectivity index (χ1) is 9.17. The Labute approximate surface area is 121 Å². The van der Waals surface area contributed by atoms with Crippen molar-refractivity contribution < 1.29 is 9.84 Å². The second-order valence-electron chi connectivity index (χ2n) is 4.53. The van der Waals surface area contributed by atoms with Gasteiger partial charge in [-0.25, -0.2) is 4.98 Å². The number of fused-ring (bicyclic) bond motifs is 1. The number of hydrogen-bond donors (Lipinski definition) is 1. The number of aliphatic hydroxyl groups excluding tert-OH is 1. The van der Waals surface area contributed by atoms with Crippen molar-refractivity contribution >= 4 is 26.8 Å². The monoisotopic (exact) mass is 323 g/mol. The zero-order valence-electron chi connectivity index (χ0n) is 11.2. The fourth-order valence-electron chi connectivity index (χ4n) is 2.01. The van der Waals surface area contributed by atoms with Crippen molar-refractivity contribution in [3.8, 4) is 5.75 Å². The van der Waals surface area contributed by atoms with Crippen molar-refractivity contribution in [2.24, 2.45) is 0 Å². The van der Waals surface area contributed by atoms with Crippen LogP contribution in [0.2, 0.25) is 0 Å². The first-order valence-corrected chi connectivity index (χ1v) is 7.29. The zero-order valence-corrected chi connectivity index (χ0v) is 12.8. The highest BCUT2D eigenvalue weighted by Gasteiger charge is 2.12. The minimum atomic E-state index is -0.0675. The summed E-state index contributed by atoms with van der Waals surface area (Å²) >= 11 is 3.48. The summed E-state index contributed by atoms with van der Waals surface area (Å²) in [5, 5.41) is 10.4. The van der Waals surface area contributed by atoms with E-state index in [4.69, 9.17) is 4.74 Å². The van der Waals surface area contributed by atoms with Gasteiger partial charge in [-0.15, -0.1) is 0 Å². The third kappa shape index (κ3) is 3.07. The lowest BCUT2D eigenvalue weighted by atomic mass is 10.1. The average molecular weight is 324 g/mol. The van der Waals surface area contributed by atoms with Crippen LogP contribution >= 0.6 is 15.9 Å². The van der Waals surface area contributed by atoms with Crippen molar-refractivity contribution in [3.05, 3.63) is 33.9 Å². The summed E-state index contributed by atoms with van der Waals surface area (Å²) < 4.78 is 6.91. The van der Waals surface area contributed by atoms with Crippen LogP contribution < -0.4 is 4.74 Å². The Morgan fingerprint density at radius 2 is 2.16 bits per heavy atom. The molecule has 0 aliphatic rings. The second-order valence-corrected chi connectivity index (χ2v) is 5.45. The van der Waals surface area contributed by atoms with Crippen molar-refractivity contribution in [3.63, 3.8) is 0 Å². The molecule has 0 spiro atoms. The molecule has 0 aliphatic carbocycles. The summed E-state index contributed by atoms with van der Waals surface area (Å²) in [6.45, 7) is 4.70. The number of nitrogens with zero attached hydrogens (tertiary/aromatic N) is 1. The Morgan fingerprint density at radius 1 is 1.37 bits per heavy atom. The fourth-order valence-corrected chi connectivity index (χ4v) is 2.37. The van der Waals surface area contributed by atoms with E-state index in [2.05, 4.69) is 27.8 Å². The molecule has 1 N–H and O–H groups in total. The van der Waals surface area contributed by atoms with E-state index in [9.17, 15) is 5.11 Å². The lowest BCUT2D eigenvalue weighted by Crippen LogP contribution is -2.03. The van der Waals surface area contributed by atoms with Gasteiger partial charge in [0, 0.05) is 15.4 Å². The van der Waals surface area contributed by atoms with Crippen molar-refractivity contribution in [1.29, 1.82) is 0 Å². The third-order valence-corrected chi connectivity index (χ3v) is 3.62. The maximum absolute atomic E-state index is 9.40.